The molecule has 0 aromatic heterocycles. The summed E-state index contributed by atoms with van der Waals surface area (Å²) in [6, 6.07) is 3.34. The van der Waals surface area contributed by atoms with Crippen LogP contribution in [-0.2, 0) is 22.4 Å². The fourth-order valence-corrected chi connectivity index (χ4v) is 2.84. The number of hydrogen-bond acceptors (Lipinski definition) is 5. The first-order valence-electron chi connectivity index (χ1n) is 8.16. The average Bonchev–Trinajstić information content (AvgIpc) is 2.48. The van der Waals surface area contributed by atoms with Crippen molar-refractivity contribution in [2.45, 2.75) is 58.5 Å². The van der Waals surface area contributed by atoms with Crippen LogP contribution in [0.4, 0.5) is 5.69 Å². The van der Waals surface area contributed by atoms with E-state index in [9.17, 15) is 14.9 Å². The van der Waals surface area contributed by atoms with Gasteiger partial charge in [-0.2, -0.15) is 0 Å². The monoisotopic (exact) mass is 321 g/mol. The van der Waals surface area contributed by atoms with Crippen molar-refractivity contribution in [3.05, 3.63) is 33.4 Å². The van der Waals surface area contributed by atoms with Crippen molar-refractivity contribution in [3.63, 3.8) is 0 Å². The molecule has 126 valence electrons. The summed E-state index contributed by atoms with van der Waals surface area (Å²) in [6.45, 7) is 3.50. The Morgan fingerprint density at radius 1 is 1.22 bits per heavy atom. The second-order valence-corrected chi connectivity index (χ2v) is 5.77. The molecule has 2 rings (SSSR count). The normalized spacial score (nSPS) is 15.7. The summed E-state index contributed by atoms with van der Waals surface area (Å²) in [7, 11) is 0. The molecule has 0 aliphatic heterocycles. The SMILES string of the molecule is CCOC(=O)C(C)Oc1cc2c(cc1[N+](=O)[O-])CCCCCC2. The fraction of sp³-hybridized carbons (Fsp3) is 0.588. The minimum absolute atomic E-state index is 0.0829. The maximum Gasteiger partial charge on any atom is 0.347 e. The molecule has 1 aliphatic rings. The van der Waals surface area contributed by atoms with Crippen LogP contribution in [0.1, 0.15) is 50.7 Å². The first-order chi connectivity index (χ1) is 11.0. The molecule has 0 radical (unpaired) electrons. The van der Waals surface area contributed by atoms with Gasteiger partial charge in [0, 0.05) is 6.07 Å². The minimum atomic E-state index is -0.875. The van der Waals surface area contributed by atoms with Crippen molar-refractivity contribution >= 4 is 11.7 Å². The summed E-state index contributed by atoms with van der Waals surface area (Å²) in [6.07, 6.45) is 5.31. The number of esters is 1. The summed E-state index contributed by atoms with van der Waals surface area (Å²) in [5, 5.41) is 11.3. The predicted molar refractivity (Wildman–Crippen MR) is 85.7 cm³/mol. The van der Waals surface area contributed by atoms with E-state index >= 15 is 0 Å². The van der Waals surface area contributed by atoms with E-state index in [1.165, 1.54) is 6.42 Å². The molecule has 1 aromatic carbocycles. The Labute approximate surface area is 135 Å². The van der Waals surface area contributed by atoms with Crippen LogP contribution >= 0.6 is 0 Å². The molecule has 0 bridgehead atoms. The quantitative estimate of drug-likeness (QED) is 0.470. The Balaban J connectivity index is 2.31. The number of hydrogen-bond donors (Lipinski definition) is 0. The van der Waals surface area contributed by atoms with E-state index in [1.807, 2.05) is 0 Å². The molecule has 1 aliphatic carbocycles. The molecule has 1 aromatic rings. The van der Waals surface area contributed by atoms with E-state index in [4.69, 9.17) is 9.47 Å². The fourth-order valence-electron chi connectivity index (χ4n) is 2.84. The first-order valence-corrected chi connectivity index (χ1v) is 8.16. The van der Waals surface area contributed by atoms with Crippen molar-refractivity contribution in [2.75, 3.05) is 6.61 Å². The Hall–Kier alpha value is -2.11. The van der Waals surface area contributed by atoms with E-state index in [-0.39, 0.29) is 18.0 Å². The molecule has 0 saturated heterocycles. The lowest BCUT2D eigenvalue weighted by Crippen LogP contribution is -2.26. The molecule has 6 nitrogen and oxygen atoms in total. The largest absolute Gasteiger partial charge is 0.472 e. The molecule has 0 N–H and O–H groups in total. The molecule has 0 saturated carbocycles. The number of benzene rings is 1. The van der Waals surface area contributed by atoms with Gasteiger partial charge in [0.15, 0.2) is 11.9 Å². The molecule has 6 heteroatoms. The lowest BCUT2D eigenvalue weighted by atomic mass is 9.92. The van der Waals surface area contributed by atoms with Crippen LogP contribution in [0.3, 0.4) is 0 Å². The van der Waals surface area contributed by atoms with E-state index in [1.54, 1.807) is 26.0 Å². The second-order valence-electron chi connectivity index (χ2n) is 5.77. The molecule has 0 spiro atoms. The zero-order valence-electron chi connectivity index (χ0n) is 13.7. The molecule has 23 heavy (non-hydrogen) atoms. The number of nitro groups is 1. The Kier molecular flexibility index (Phi) is 5.96. The van der Waals surface area contributed by atoms with E-state index in [0.29, 0.717) is 0 Å². The minimum Gasteiger partial charge on any atom is -0.472 e. The van der Waals surface area contributed by atoms with Crippen LogP contribution in [0.15, 0.2) is 12.1 Å². The number of rotatable bonds is 5. The highest BCUT2D eigenvalue weighted by atomic mass is 16.6. The highest BCUT2D eigenvalue weighted by Crippen LogP contribution is 2.34. The van der Waals surface area contributed by atoms with Gasteiger partial charge in [0.1, 0.15) is 0 Å². The van der Waals surface area contributed by atoms with Crippen molar-refractivity contribution in [1.82, 2.24) is 0 Å². The zero-order valence-corrected chi connectivity index (χ0v) is 13.7. The van der Waals surface area contributed by atoms with Gasteiger partial charge < -0.3 is 9.47 Å². The molecule has 1 unspecified atom stereocenters. The van der Waals surface area contributed by atoms with Crippen LogP contribution in [0.25, 0.3) is 0 Å². The van der Waals surface area contributed by atoms with Gasteiger partial charge in [-0.15, -0.1) is 0 Å². The maximum absolute atomic E-state index is 11.7. The number of carbonyl (C=O) groups is 1. The third kappa shape index (κ3) is 4.43. The van der Waals surface area contributed by atoms with Gasteiger partial charge in [0.2, 0.25) is 0 Å². The van der Waals surface area contributed by atoms with E-state index in [0.717, 1.165) is 43.2 Å². The summed E-state index contributed by atoms with van der Waals surface area (Å²) in [5.41, 5.74) is 2.02. The van der Waals surface area contributed by atoms with Gasteiger partial charge in [0.25, 0.3) is 0 Å². The van der Waals surface area contributed by atoms with Crippen molar-refractivity contribution < 1.29 is 19.2 Å². The zero-order chi connectivity index (χ0) is 16.8. The number of nitro benzene ring substituents is 1. The van der Waals surface area contributed by atoms with Gasteiger partial charge in [-0.1, -0.05) is 12.8 Å². The maximum atomic E-state index is 11.7. The van der Waals surface area contributed by atoms with Gasteiger partial charge in [-0.3, -0.25) is 10.1 Å². The topological polar surface area (TPSA) is 78.7 Å². The van der Waals surface area contributed by atoms with Gasteiger partial charge >= 0.3 is 11.7 Å². The summed E-state index contributed by atoms with van der Waals surface area (Å²) >= 11 is 0. The number of ether oxygens (including phenoxy) is 2. The molecule has 0 amide bonds. The third-order valence-corrected chi connectivity index (χ3v) is 4.04. The summed E-state index contributed by atoms with van der Waals surface area (Å²) in [5.74, 6) is -0.372. The third-order valence-electron chi connectivity index (χ3n) is 4.04. The number of carbonyl (C=O) groups excluding carboxylic acids is 1. The lowest BCUT2D eigenvalue weighted by Gasteiger charge is -2.18. The molecule has 1 atom stereocenters. The van der Waals surface area contributed by atoms with Crippen LogP contribution in [0.2, 0.25) is 0 Å². The Bertz CT molecular complexity index is 585. The van der Waals surface area contributed by atoms with Crippen LogP contribution in [-0.4, -0.2) is 23.6 Å². The summed E-state index contributed by atoms with van der Waals surface area (Å²) in [4.78, 5) is 22.6. The molecule has 0 fully saturated rings. The van der Waals surface area contributed by atoms with Crippen LogP contribution in [0.5, 0.6) is 5.75 Å². The molecule has 0 heterocycles. The molecular formula is C17H23NO5. The number of aryl methyl sites for hydroxylation is 2. The molecular weight excluding hydrogens is 298 g/mol. The standard InChI is InChI=1S/C17H23NO5/c1-3-22-17(19)12(2)23-16-11-14-9-7-5-4-6-8-13(14)10-15(16)18(20)21/h10-12H,3-9H2,1-2H3. The Morgan fingerprint density at radius 3 is 2.39 bits per heavy atom. The summed E-state index contributed by atoms with van der Waals surface area (Å²) < 4.78 is 10.4. The van der Waals surface area contributed by atoms with Crippen LogP contribution < -0.4 is 4.74 Å². The van der Waals surface area contributed by atoms with Gasteiger partial charge in [-0.05, 0) is 56.7 Å². The highest BCUT2D eigenvalue weighted by Gasteiger charge is 2.24. The van der Waals surface area contributed by atoms with Crippen molar-refractivity contribution in [3.8, 4) is 5.75 Å². The Morgan fingerprint density at radius 2 is 1.83 bits per heavy atom. The van der Waals surface area contributed by atoms with Gasteiger partial charge in [0.05, 0.1) is 11.5 Å². The predicted octanol–water partition coefficient (Wildman–Crippen LogP) is 3.58. The van der Waals surface area contributed by atoms with Gasteiger partial charge in [-0.25, -0.2) is 4.79 Å². The smallest absolute Gasteiger partial charge is 0.347 e. The second kappa shape index (κ2) is 7.94. The average molecular weight is 321 g/mol. The number of fused-ring (bicyclic) bond motifs is 1. The van der Waals surface area contributed by atoms with Crippen molar-refractivity contribution in [1.29, 1.82) is 0 Å². The van der Waals surface area contributed by atoms with Crippen LogP contribution in [0, 0.1) is 10.1 Å². The highest BCUT2D eigenvalue weighted by molar-refractivity contribution is 5.74. The van der Waals surface area contributed by atoms with E-state index in [2.05, 4.69) is 0 Å². The first kappa shape index (κ1) is 17.2. The van der Waals surface area contributed by atoms with Crippen molar-refractivity contribution in [2.24, 2.45) is 0 Å². The lowest BCUT2D eigenvalue weighted by molar-refractivity contribution is -0.386. The van der Waals surface area contributed by atoms with E-state index < -0.39 is 17.0 Å². The number of nitrogens with zero attached hydrogens (tertiary/aromatic N) is 1.